The lowest BCUT2D eigenvalue weighted by molar-refractivity contribution is 0.599. The molecule has 1 aromatic carbocycles. The Morgan fingerprint density at radius 1 is 1.30 bits per heavy atom. The summed E-state index contributed by atoms with van der Waals surface area (Å²) in [7, 11) is -2.91. The first-order valence-electron chi connectivity index (χ1n) is 7.35. The Bertz CT molecular complexity index is 594. The van der Waals surface area contributed by atoms with Gasteiger partial charge in [0.15, 0.2) is 5.96 Å². The molecular weight excluding hydrogens is 449 g/mol. The van der Waals surface area contributed by atoms with E-state index in [9.17, 15) is 8.42 Å². The predicted molar refractivity (Wildman–Crippen MR) is 109 cm³/mol. The highest BCUT2D eigenvalue weighted by Crippen LogP contribution is 2.10. The van der Waals surface area contributed by atoms with Gasteiger partial charge in [-0.15, -0.1) is 24.0 Å². The van der Waals surface area contributed by atoms with Gasteiger partial charge in [0.2, 0.25) is 0 Å². The second-order valence-corrected chi connectivity index (χ2v) is 7.75. The molecule has 0 spiro atoms. The van der Waals surface area contributed by atoms with E-state index in [1.165, 1.54) is 6.26 Å². The molecule has 132 valence electrons. The van der Waals surface area contributed by atoms with E-state index in [1.54, 1.807) is 0 Å². The molecule has 0 fully saturated rings. The fraction of sp³-hybridized carbons (Fsp3) is 0.533. The lowest BCUT2D eigenvalue weighted by Crippen LogP contribution is -2.38. The van der Waals surface area contributed by atoms with Crippen molar-refractivity contribution in [3.63, 3.8) is 0 Å². The molecule has 0 amide bonds. The van der Waals surface area contributed by atoms with Crippen LogP contribution in [0, 0.1) is 0 Å². The van der Waals surface area contributed by atoms with Gasteiger partial charge in [-0.25, -0.2) is 8.42 Å². The van der Waals surface area contributed by atoms with Crippen LogP contribution in [0.2, 0.25) is 5.02 Å². The number of nitrogens with zero attached hydrogens (tertiary/aromatic N) is 1. The maximum atomic E-state index is 11.1. The molecule has 8 heteroatoms. The third-order valence-electron chi connectivity index (χ3n) is 2.88. The molecule has 23 heavy (non-hydrogen) atoms. The smallest absolute Gasteiger partial charge is 0.191 e. The molecule has 1 rings (SSSR count). The van der Waals surface area contributed by atoms with Crippen LogP contribution < -0.4 is 10.6 Å². The summed E-state index contributed by atoms with van der Waals surface area (Å²) in [5.41, 5.74) is 1.16. The molecule has 0 unspecified atom stereocenters. The van der Waals surface area contributed by atoms with Crippen molar-refractivity contribution in [1.29, 1.82) is 0 Å². The van der Waals surface area contributed by atoms with Crippen molar-refractivity contribution in [3.05, 3.63) is 34.9 Å². The zero-order valence-corrected chi connectivity index (χ0v) is 17.4. The Morgan fingerprint density at radius 3 is 2.65 bits per heavy atom. The van der Waals surface area contributed by atoms with E-state index in [2.05, 4.69) is 15.6 Å². The normalized spacial score (nSPS) is 11.7. The van der Waals surface area contributed by atoms with Crippen LogP contribution in [0.4, 0.5) is 0 Å². The van der Waals surface area contributed by atoms with E-state index in [1.807, 2.05) is 31.2 Å². The molecule has 0 saturated heterocycles. The zero-order chi connectivity index (χ0) is 16.4. The van der Waals surface area contributed by atoms with Gasteiger partial charge in [-0.1, -0.05) is 23.7 Å². The van der Waals surface area contributed by atoms with E-state index in [4.69, 9.17) is 11.6 Å². The van der Waals surface area contributed by atoms with Crippen LogP contribution in [0.5, 0.6) is 0 Å². The number of aliphatic imine (C=N–C) groups is 1. The summed E-state index contributed by atoms with van der Waals surface area (Å²) >= 11 is 5.95. The Hall–Kier alpha value is -0.540. The first-order chi connectivity index (χ1) is 10.4. The number of hydrogen-bond donors (Lipinski definition) is 2. The molecule has 0 aromatic heterocycles. The van der Waals surface area contributed by atoms with Crippen LogP contribution in [0.15, 0.2) is 29.3 Å². The molecule has 0 aliphatic rings. The average molecular weight is 474 g/mol. The number of sulfone groups is 1. The average Bonchev–Trinajstić information content (AvgIpc) is 2.42. The quantitative estimate of drug-likeness (QED) is 0.263. The molecule has 0 radical (unpaired) electrons. The predicted octanol–water partition coefficient (Wildman–Crippen LogP) is 2.49. The van der Waals surface area contributed by atoms with Crippen LogP contribution >= 0.6 is 35.6 Å². The second kappa shape index (κ2) is 11.9. The van der Waals surface area contributed by atoms with Crippen LogP contribution in [-0.2, 0) is 16.3 Å². The molecule has 1 aromatic rings. The van der Waals surface area contributed by atoms with Gasteiger partial charge in [0.05, 0.1) is 5.75 Å². The van der Waals surface area contributed by atoms with Crippen molar-refractivity contribution in [1.82, 2.24) is 10.6 Å². The van der Waals surface area contributed by atoms with Crippen LogP contribution in [0.3, 0.4) is 0 Å². The van der Waals surface area contributed by atoms with Crippen molar-refractivity contribution >= 4 is 51.4 Å². The topological polar surface area (TPSA) is 70.6 Å². The third kappa shape index (κ3) is 11.6. The Morgan fingerprint density at radius 2 is 2.04 bits per heavy atom. The maximum absolute atomic E-state index is 11.1. The molecule has 0 heterocycles. The number of nitrogens with one attached hydrogen (secondary N) is 2. The maximum Gasteiger partial charge on any atom is 0.191 e. The summed E-state index contributed by atoms with van der Waals surface area (Å²) in [5.74, 6) is 0.872. The fourth-order valence-corrected chi connectivity index (χ4v) is 2.74. The summed E-state index contributed by atoms with van der Waals surface area (Å²) in [4.78, 5) is 4.37. The van der Waals surface area contributed by atoms with Crippen molar-refractivity contribution in [2.24, 2.45) is 4.99 Å². The summed E-state index contributed by atoms with van der Waals surface area (Å²) in [6, 6.07) is 7.76. The van der Waals surface area contributed by atoms with E-state index in [0.29, 0.717) is 18.9 Å². The highest BCUT2D eigenvalue weighted by atomic mass is 127. The van der Waals surface area contributed by atoms with Gasteiger partial charge < -0.3 is 10.6 Å². The van der Waals surface area contributed by atoms with Gasteiger partial charge in [0.1, 0.15) is 9.84 Å². The third-order valence-corrected chi connectivity index (χ3v) is 4.15. The second-order valence-electron chi connectivity index (χ2n) is 5.05. The number of guanidine groups is 1. The first kappa shape index (κ1) is 22.5. The van der Waals surface area contributed by atoms with Crippen molar-refractivity contribution in [3.8, 4) is 0 Å². The Balaban J connectivity index is 0.00000484. The summed E-state index contributed by atoms with van der Waals surface area (Å²) in [6.45, 7) is 3.97. The number of halogens is 2. The molecule has 0 saturated carbocycles. The largest absolute Gasteiger partial charge is 0.357 e. The number of benzene rings is 1. The lowest BCUT2D eigenvalue weighted by atomic mass is 10.1. The zero-order valence-electron chi connectivity index (χ0n) is 13.5. The van der Waals surface area contributed by atoms with Gasteiger partial charge in [-0.3, -0.25) is 4.99 Å². The summed E-state index contributed by atoms with van der Waals surface area (Å²) < 4.78 is 22.1. The summed E-state index contributed by atoms with van der Waals surface area (Å²) in [6.07, 6.45) is 2.61. The van der Waals surface area contributed by atoms with Crippen molar-refractivity contribution in [2.45, 2.75) is 19.8 Å². The SMILES string of the molecule is CCNC(=NCCCS(C)(=O)=O)NCCc1cccc(Cl)c1.I. The van der Waals surface area contributed by atoms with Crippen molar-refractivity contribution < 1.29 is 8.42 Å². The molecule has 5 nitrogen and oxygen atoms in total. The summed E-state index contributed by atoms with van der Waals surface area (Å²) in [5, 5.41) is 7.11. The highest BCUT2D eigenvalue weighted by Gasteiger charge is 2.02. The lowest BCUT2D eigenvalue weighted by Gasteiger charge is -2.11. The minimum atomic E-state index is -2.91. The van der Waals surface area contributed by atoms with E-state index in [0.717, 1.165) is 30.1 Å². The monoisotopic (exact) mass is 473 g/mol. The van der Waals surface area contributed by atoms with Gasteiger partial charge in [-0.2, -0.15) is 0 Å². The molecule has 2 N–H and O–H groups in total. The fourth-order valence-electron chi connectivity index (χ4n) is 1.88. The van der Waals surface area contributed by atoms with E-state index < -0.39 is 9.84 Å². The minimum absolute atomic E-state index is 0. The number of hydrogen-bond acceptors (Lipinski definition) is 3. The molecule has 0 aliphatic carbocycles. The van der Waals surface area contributed by atoms with Crippen LogP contribution in [0.25, 0.3) is 0 Å². The van der Waals surface area contributed by atoms with Crippen LogP contribution in [-0.4, -0.2) is 46.0 Å². The first-order valence-corrected chi connectivity index (χ1v) is 9.79. The Labute approximate surface area is 161 Å². The van der Waals surface area contributed by atoms with Crippen molar-refractivity contribution in [2.75, 3.05) is 31.6 Å². The highest BCUT2D eigenvalue weighted by molar-refractivity contribution is 14.0. The van der Waals surface area contributed by atoms with Gasteiger partial charge >= 0.3 is 0 Å². The van der Waals surface area contributed by atoms with Gasteiger partial charge in [-0.05, 0) is 37.5 Å². The standard InChI is InChI=1S/C15H24ClN3O2S.HI/c1-3-17-15(18-9-5-11-22(2,20)21)19-10-8-13-6-4-7-14(16)12-13;/h4,6-7,12H,3,5,8-11H2,1-2H3,(H2,17,18,19);1H. The van der Waals surface area contributed by atoms with E-state index >= 15 is 0 Å². The molecule has 0 bridgehead atoms. The van der Waals surface area contributed by atoms with Gasteiger partial charge in [0.25, 0.3) is 0 Å². The van der Waals surface area contributed by atoms with Crippen LogP contribution in [0.1, 0.15) is 18.9 Å². The van der Waals surface area contributed by atoms with Gasteiger partial charge in [0, 0.05) is 30.9 Å². The Kier molecular flexibility index (Phi) is 11.6. The molecular formula is C15H25ClIN3O2S. The molecule has 0 aliphatic heterocycles. The molecule has 0 atom stereocenters. The number of rotatable bonds is 8. The van der Waals surface area contributed by atoms with E-state index in [-0.39, 0.29) is 29.7 Å². The minimum Gasteiger partial charge on any atom is -0.357 e.